The van der Waals surface area contributed by atoms with Gasteiger partial charge in [0, 0.05) is 23.2 Å². The third-order valence-electron chi connectivity index (χ3n) is 3.73. The van der Waals surface area contributed by atoms with Crippen molar-refractivity contribution < 1.29 is 19.2 Å². The van der Waals surface area contributed by atoms with E-state index in [1.54, 1.807) is 5.38 Å². The molecule has 7 nitrogen and oxygen atoms in total. The molecule has 2 aliphatic heterocycles. The maximum Gasteiger partial charge on any atom is 0.256 e. The van der Waals surface area contributed by atoms with Gasteiger partial charge in [0.25, 0.3) is 5.91 Å². The van der Waals surface area contributed by atoms with Crippen molar-refractivity contribution in [2.75, 3.05) is 0 Å². The molecule has 0 aromatic carbocycles. The summed E-state index contributed by atoms with van der Waals surface area (Å²) in [5.74, 6) is -0.901. The van der Waals surface area contributed by atoms with E-state index in [1.807, 2.05) is 0 Å². The van der Waals surface area contributed by atoms with Crippen LogP contribution in [0, 0.1) is 0 Å². The molecule has 1 aromatic heterocycles. The SMILES string of the molecule is O=CNCc1scc2c1CN(C1CCC(=O)NC1=O)C2=O. The second kappa shape index (κ2) is 5.28. The molecule has 1 fully saturated rings. The van der Waals surface area contributed by atoms with Gasteiger partial charge in [0.15, 0.2) is 0 Å². The van der Waals surface area contributed by atoms with Gasteiger partial charge in [-0.25, -0.2) is 0 Å². The van der Waals surface area contributed by atoms with Crippen molar-refractivity contribution in [3.8, 4) is 0 Å². The summed E-state index contributed by atoms with van der Waals surface area (Å²) in [6, 6.07) is -0.598. The number of piperidine rings is 1. The van der Waals surface area contributed by atoms with Crippen LogP contribution in [0.1, 0.15) is 33.6 Å². The Morgan fingerprint density at radius 2 is 2.24 bits per heavy atom. The fourth-order valence-electron chi connectivity index (χ4n) is 2.69. The first-order chi connectivity index (χ1) is 10.1. The zero-order chi connectivity index (χ0) is 15.0. The van der Waals surface area contributed by atoms with Crippen LogP contribution in [0.5, 0.6) is 0 Å². The molecule has 1 saturated heterocycles. The van der Waals surface area contributed by atoms with Gasteiger partial charge in [0.1, 0.15) is 6.04 Å². The maximum absolute atomic E-state index is 12.4. The van der Waals surface area contributed by atoms with Gasteiger partial charge in [-0.2, -0.15) is 0 Å². The van der Waals surface area contributed by atoms with E-state index in [0.717, 1.165) is 10.4 Å². The Kier molecular flexibility index (Phi) is 3.46. The van der Waals surface area contributed by atoms with Crippen LogP contribution >= 0.6 is 11.3 Å². The molecule has 1 aromatic rings. The molecule has 0 aliphatic carbocycles. The maximum atomic E-state index is 12.4. The van der Waals surface area contributed by atoms with E-state index in [2.05, 4.69) is 10.6 Å². The predicted octanol–water partition coefficient (Wildman–Crippen LogP) is -0.245. The van der Waals surface area contributed by atoms with Crippen molar-refractivity contribution >= 4 is 35.5 Å². The molecule has 21 heavy (non-hydrogen) atoms. The molecule has 2 N–H and O–H groups in total. The summed E-state index contributed by atoms with van der Waals surface area (Å²) in [6.07, 6.45) is 1.21. The van der Waals surface area contributed by atoms with Crippen molar-refractivity contribution in [3.63, 3.8) is 0 Å². The molecule has 8 heteroatoms. The van der Waals surface area contributed by atoms with E-state index in [4.69, 9.17) is 0 Å². The van der Waals surface area contributed by atoms with Gasteiger partial charge in [0.2, 0.25) is 18.2 Å². The van der Waals surface area contributed by atoms with Crippen LogP contribution in [0.25, 0.3) is 0 Å². The molecular formula is C13H13N3O4S. The molecule has 110 valence electrons. The predicted molar refractivity (Wildman–Crippen MR) is 73.3 cm³/mol. The van der Waals surface area contributed by atoms with E-state index in [1.165, 1.54) is 16.2 Å². The molecule has 4 amide bonds. The van der Waals surface area contributed by atoms with Crippen LogP contribution in [0.3, 0.4) is 0 Å². The molecule has 1 atom stereocenters. The Hall–Kier alpha value is -2.22. The highest BCUT2D eigenvalue weighted by atomic mass is 32.1. The number of carbonyl (C=O) groups excluding carboxylic acids is 4. The Labute approximate surface area is 124 Å². The summed E-state index contributed by atoms with van der Waals surface area (Å²) >= 11 is 1.42. The molecule has 0 spiro atoms. The number of nitrogens with zero attached hydrogens (tertiary/aromatic N) is 1. The summed E-state index contributed by atoms with van der Waals surface area (Å²) in [5, 5.41) is 6.60. The largest absolute Gasteiger partial charge is 0.354 e. The lowest BCUT2D eigenvalue weighted by atomic mass is 10.0. The van der Waals surface area contributed by atoms with E-state index >= 15 is 0 Å². The zero-order valence-electron chi connectivity index (χ0n) is 11.0. The van der Waals surface area contributed by atoms with Gasteiger partial charge >= 0.3 is 0 Å². The quantitative estimate of drug-likeness (QED) is 0.592. The van der Waals surface area contributed by atoms with Crippen molar-refractivity contribution in [2.45, 2.75) is 32.0 Å². The number of rotatable bonds is 4. The lowest BCUT2D eigenvalue weighted by Gasteiger charge is -2.29. The topological polar surface area (TPSA) is 95.6 Å². The summed E-state index contributed by atoms with van der Waals surface area (Å²) in [7, 11) is 0. The first-order valence-corrected chi connectivity index (χ1v) is 7.40. The number of carbonyl (C=O) groups is 4. The Morgan fingerprint density at radius 3 is 2.95 bits per heavy atom. The standard InChI is InChI=1S/C13H13N3O4S/c17-6-14-3-10-7-4-16(13(20)8(7)5-21-10)9-1-2-11(18)15-12(9)19/h5-6,9H,1-4H2,(H,14,17)(H,15,18,19). The average molecular weight is 307 g/mol. The minimum atomic E-state index is -0.598. The fraction of sp³-hybridized carbons (Fsp3) is 0.385. The number of hydrogen-bond acceptors (Lipinski definition) is 5. The Balaban J connectivity index is 1.80. The smallest absolute Gasteiger partial charge is 0.256 e. The van der Waals surface area contributed by atoms with Crippen LogP contribution in [-0.4, -0.2) is 35.1 Å². The monoisotopic (exact) mass is 307 g/mol. The second-order valence-electron chi connectivity index (χ2n) is 4.95. The molecule has 0 saturated carbocycles. The van der Waals surface area contributed by atoms with Crippen LogP contribution in [-0.2, 0) is 27.5 Å². The lowest BCUT2D eigenvalue weighted by molar-refractivity contribution is -0.136. The normalized spacial score (nSPS) is 21.2. The van der Waals surface area contributed by atoms with Gasteiger partial charge < -0.3 is 10.2 Å². The van der Waals surface area contributed by atoms with Crippen molar-refractivity contribution in [1.29, 1.82) is 0 Å². The van der Waals surface area contributed by atoms with E-state index < -0.39 is 11.9 Å². The third kappa shape index (κ3) is 2.31. The minimum absolute atomic E-state index is 0.187. The zero-order valence-corrected chi connectivity index (χ0v) is 11.9. The fourth-order valence-corrected chi connectivity index (χ4v) is 3.67. The lowest BCUT2D eigenvalue weighted by Crippen LogP contribution is -2.52. The van der Waals surface area contributed by atoms with Crippen molar-refractivity contribution in [3.05, 3.63) is 21.4 Å². The molecule has 0 radical (unpaired) electrons. The first kappa shape index (κ1) is 13.7. The van der Waals surface area contributed by atoms with E-state index in [-0.39, 0.29) is 18.2 Å². The van der Waals surface area contributed by atoms with Crippen molar-refractivity contribution in [2.24, 2.45) is 0 Å². The molecule has 0 bridgehead atoms. The summed E-state index contributed by atoms with van der Waals surface area (Å²) < 4.78 is 0. The van der Waals surface area contributed by atoms with Crippen LogP contribution < -0.4 is 10.6 Å². The summed E-state index contributed by atoms with van der Waals surface area (Å²) in [6.45, 7) is 0.722. The van der Waals surface area contributed by atoms with Crippen LogP contribution in [0.15, 0.2) is 5.38 Å². The summed E-state index contributed by atoms with van der Waals surface area (Å²) in [5.41, 5.74) is 1.46. The number of amides is 4. The van der Waals surface area contributed by atoms with E-state index in [0.29, 0.717) is 31.5 Å². The highest BCUT2D eigenvalue weighted by Gasteiger charge is 2.40. The van der Waals surface area contributed by atoms with Gasteiger partial charge in [-0.05, 0) is 12.0 Å². The number of nitrogens with one attached hydrogen (secondary N) is 2. The number of imide groups is 1. The molecule has 3 heterocycles. The molecule has 1 unspecified atom stereocenters. The average Bonchev–Trinajstić information content (AvgIpc) is 2.98. The van der Waals surface area contributed by atoms with Gasteiger partial charge in [-0.3, -0.25) is 24.5 Å². The molecule has 2 aliphatic rings. The minimum Gasteiger partial charge on any atom is -0.354 e. The third-order valence-corrected chi connectivity index (χ3v) is 4.76. The van der Waals surface area contributed by atoms with Gasteiger partial charge in [-0.15, -0.1) is 11.3 Å². The van der Waals surface area contributed by atoms with E-state index in [9.17, 15) is 19.2 Å². The highest BCUT2D eigenvalue weighted by Crippen LogP contribution is 2.33. The summed E-state index contributed by atoms with van der Waals surface area (Å²) in [4.78, 5) is 48.3. The number of thiophene rings is 1. The van der Waals surface area contributed by atoms with Crippen LogP contribution in [0.4, 0.5) is 0 Å². The van der Waals surface area contributed by atoms with Gasteiger partial charge in [0.05, 0.1) is 12.1 Å². The first-order valence-electron chi connectivity index (χ1n) is 6.52. The second-order valence-corrected chi connectivity index (χ2v) is 5.91. The van der Waals surface area contributed by atoms with Gasteiger partial charge in [-0.1, -0.05) is 0 Å². The van der Waals surface area contributed by atoms with Crippen LogP contribution in [0.2, 0.25) is 0 Å². The Bertz CT molecular complexity index is 639. The highest BCUT2D eigenvalue weighted by molar-refractivity contribution is 7.10. The molecule has 3 rings (SSSR count). The number of hydrogen-bond donors (Lipinski definition) is 2. The Morgan fingerprint density at radius 1 is 1.43 bits per heavy atom. The number of fused-ring (bicyclic) bond motifs is 1. The molecular weight excluding hydrogens is 294 g/mol. The van der Waals surface area contributed by atoms with Crippen molar-refractivity contribution in [1.82, 2.24) is 15.5 Å².